The molecule has 2 aliphatic rings. The van der Waals surface area contributed by atoms with Crippen LogP contribution in [-0.2, 0) is 9.59 Å². The molecule has 3 rings (SSSR count). The lowest BCUT2D eigenvalue weighted by molar-refractivity contribution is -0.137. The molecule has 0 unspecified atom stereocenters. The molecule has 0 saturated carbocycles. The van der Waals surface area contributed by atoms with Crippen LogP contribution in [0.15, 0.2) is 35.9 Å². The van der Waals surface area contributed by atoms with Crippen molar-refractivity contribution >= 4 is 11.8 Å². The van der Waals surface area contributed by atoms with Crippen LogP contribution < -0.4 is 10.1 Å². The van der Waals surface area contributed by atoms with Crippen LogP contribution in [0.3, 0.4) is 0 Å². The maximum Gasteiger partial charge on any atom is 0.247 e. The van der Waals surface area contributed by atoms with Crippen molar-refractivity contribution in [1.82, 2.24) is 10.2 Å². The number of fused-ring (bicyclic) bond motifs is 3. The largest absolute Gasteiger partial charge is 0.486 e. The first kappa shape index (κ1) is 28.2. The van der Waals surface area contributed by atoms with Gasteiger partial charge in [-0.2, -0.15) is 0 Å². The van der Waals surface area contributed by atoms with Gasteiger partial charge in [0.1, 0.15) is 18.0 Å². The Morgan fingerprint density at radius 2 is 1.69 bits per heavy atom. The van der Waals surface area contributed by atoms with Crippen molar-refractivity contribution in [3.63, 3.8) is 0 Å². The van der Waals surface area contributed by atoms with Crippen molar-refractivity contribution in [3.05, 3.63) is 41.5 Å². The molecule has 1 aromatic carbocycles. The van der Waals surface area contributed by atoms with Gasteiger partial charge in [-0.15, -0.1) is 0 Å². The Balaban J connectivity index is 1.88. The highest BCUT2D eigenvalue weighted by Gasteiger charge is 2.50. The molecule has 0 fully saturated rings. The van der Waals surface area contributed by atoms with Gasteiger partial charge < -0.3 is 25.2 Å². The Morgan fingerprint density at radius 3 is 2.42 bits per heavy atom. The van der Waals surface area contributed by atoms with E-state index in [-0.39, 0.29) is 25.0 Å². The summed E-state index contributed by atoms with van der Waals surface area (Å²) in [5.41, 5.74) is 1.35. The number of carbonyl (C=O) groups is 2. The van der Waals surface area contributed by atoms with E-state index < -0.39 is 24.2 Å². The number of aliphatic hydroxyl groups excluding tert-OH is 2. The molecule has 1 heterocycles. The molecule has 7 heteroatoms. The van der Waals surface area contributed by atoms with Crippen molar-refractivity contribution in [1.29, 1.82) is 0 Å². The number of ether oxygens (including phenoxy) is 1. The van der Waals surface area contributed by atoms with Crippen LogP contribution in [0.5, 0.6) is 5.75 Å². The molecule has 0 radical (unpaired) electrons. The number of unbranched alkanes of at least 4 members (excludes halogenated alkanes) is 7. The number of para-hydroxylation sites is 1. The van der Waals surface area contributed by atoms with Crippen molar-refractivity contribution in [2.75, 3.05) is 19.7 Å². The first-order valence-electron chi connectivity index (χ1n) is 13.9. The van der Waals surface area contributed by atoms with Gasteiger partial charge in [0.15, 0.2) is 0 Å². The molecular weight excluding hydrogens is 456 g/mol. The fourth-order valence-corrected chi connectivity index (χ4v) is 5.36. The Kier molecular flexibility index (Phi) is 11.3. The molecule has 0 saturated heterocycles. The topological polar surface area (TPSA) is 99.1 Å². The summed E-state index contributed by atoms with van der Waals surface area (Å²) in [6.45, 7) is 4.85. The zero-order valence-corrected chi connectivity index (χ0v) is 22.0. The molecule has 36 heavy (non-hydrogen) atoms. The third-order valence-corrected chi connectivity index (χ3v) is 7.30. The normalized spacial score (nSPS) is 22.3. The molecule has 1 aliphatic heterocycles. The van der Waals surface area contributed by atoms with Gasteiger partial charge in [0, 0.05) is 30.6 Å². The van der Waals surface area contributed by atoms with Gasteiger partial charge in [-0.05, 0) is 25.0 Å². The van der Waals surface area contributed by atoms with Crippen molar-refractivity contribution in [2.45, 2.75) is 102 Å². The highest BCUT2D eigenvalue weighted by atomic mass is 16.5. The van der Waals surface area contributed by atoms with E-state index in [1.807, 2.05) is 24.3 Å². The van der Waals surface area contributed by atoms with Gasteiger partial charge in [-0.25, -0.2) is 0 Å². The minimum absolute atomic E-state index is 0.0207. The monoisotopic (exact) mass is 500 g/mol. The van der Waals surface area contributed by atoms with Crippen LogP contribution in [0, 0.1) is 0 Å². The van der Waals surface area contributed by atoms with E-state index in [2.05, 4.69) is 19.2 Å². The van der Waals surface area contributed by atoms with Crippen molar-refractivity contribution < 1.29 is 24.5 Å². The number of hydrogen-bond acceptors (Lipinski definition) is 5. The minimum atomic E-state index is -0.952. The molecule has 2 amide bonds. The summed E-state index contributed by atoms with van der Waals surface area (Å²) in [7, 11) is 0. The Labute approximate surface area is 215 Å². The van der Waals surface area contributed by atoms with E-state index in [0.717, 1.165) is 56.9 Å². The maximum atomic E-state index is 13.5. The highest BCUT2D eigenvalue weighted by molar-refractivity contribution is 5.96. The number of benzene rings is 1. The number of nitrogens with one attached hydrogen (secondary N) is 1. The lowest BCUT2D eigenvalue weighted by Gasteiger charge is -2.41. The summed E-state index contributed by atoms with van der Waals surface area (Å²) in [6, 6.07) is 6.90. The van der Waals surface area contributed by atoms with E-state index in [1.54, 1.807) is 11.0 Å². The second kappa shape index (κ2) is 14.4. The highest BCUT2D eigenvalue weighted by Crippen LogP contribution is 2.47. The first-order chi connectivity index (χ1) is 17.5. The summed E-state index contributed by atoms with van der Waals surface area (Å²) in [5, 5.41) is 23.5. The van der Waals surface area contributed by atoms with Crippen LogP contribution in [0.2, 0.25) is 0 Å². The number of nitrogens with zero attached hydrogens (tertiary/aromatic N) is 1. The smallest absolute Gasteiger partial charge is 0.247 e. The van der Waals surface area contributed by atoms with E-state index in [0.29, 0.717) is 24.3 Å². The van der Waals surface area contributed by atoms with Gasteiger partial charge in [0.05, 0.1) is 18.6 Å². The number of rotatable bonds is 15. The quantitative estimate of drug-likeness (QED) is 0.315. The van der Waals surface area contributed by atoms with E-state index in [9.17, 15) is 19.8 Å². The van der Waals surface area contributed by atoms with Gasteiger partial charge in [0.25, 0.3) is 0 Å². The maximum absolute atomic E-state index is 13.5. The van der Waals surface area contributed by atoms with Crippen LogP contribution in [-0.4, -0.2) is 64.9 Å². The van der Waals surface area contributed by atoms with Crippen LogP contribution in [0.25, 0.3) is 0 Å². The standard InChI is InChI=1S/C29H44N2O5/c1-3-5-7-9-10-16-25(33)31(18-13-8-6-4-2)23-20-22(29(35)30-17-19-32)26-21-14-11-12-15-24(21)36-28(26)27(23)34/h11-12,14-15,20,23,26-28,32,34H,3-10,13,16-19H2,1-2H3,(H,30,35)/t23-,26+,27+,28+/m1/s1. The van der Waals surface area contributed by atoms with Crippen molar-refractivity contribution in [3.8, 4) is 5.75 Å². The van der Waals surface area contributed by atoms with Crippen molar-refractivity contribution in [2.24, 2.45) is 0 Å². The molecule has 3 N–H and O–H groups in total. The average molecular weight is 501 g/mol. The number of aliphatic hydroxyl groups is 2. The van der Waals surface area contributed by atoms with Gasteiger partial charge in [-0.1, -0.05) is 77.0 Å². The number of hydrogen-bond donors (Lipinski definition) is 3. The summed E-state index contributed by atoms with van der Waals surface area (Å²) in [5.74, 6) is -0.0383. The molecule has 0 spiro atoms. The van der Waals surface area contributed by atoms with Gasteiger partial charge in [-0.3, -0.25) is 9.59 Å². The molecule has 200 valence electrons. The molecule has 0 bridgehead atoms. The Bertz CT molecular complexity index is 886. The lowest BCUT2D eigenvalue weighted by Crippen LogP contribution is -2.56. The molecule has 4 atom stereocenters. The van der Waals surface area contributed by atoms with Crippen LogP contribution in [0.4, 0.5) is 0 Å². The summed E-state index contributed by atoms with van der Waals surface area (Å²) in [4.78, 5) is 28.4. The van der Waals surface area contributed by atoms with E-state index in [1.165, 1.54) is 6.42 Å². The van der Waals surface area contributed by atoms with Gasteiger partial charge >= 0.3 is 0 Å². The molecular formula is C29H44N2O5. The van der Waals surface area contributed by atoms with E-state index in [4.69, 9.17) is 4.74 Å². The zero-order chi connectivity index (χ0) is 25.9. The second-order valence-corrected chi connectivity index (χ2v) is 9.99. The van der Waals surface area contributed by atoms with E-state index >= 15 is 0 Å². The third-order valence-electron chi connectivity index (χ3n) is 7.30. The minimum Gasteiger partial charge on any atom is -0.486 e. The predicted molar refractivity (Wildman–Crippen MR) is 141 cm³/mol. The third kappa shape index (κ3) is 6.88. The average Bonchev–Trinajstić information content (AvgIpc) is 3.28. The van der Waals surface area contributed by atoms with Gasteiger partial charge in [0.2, 0.25) is 11.8 Å². The Morgan fingerprint density at radius 1 is 1.00 bits per heavy atom. The first-order valence-corrected chi connectivity index (χ1v) is 13.9. The number of amides is 2. The predicted octanol–water partition coefficient (Wildman–Crippen LogP) is 4.08. The lowest BCUT2D eigenvalue weighted by atomic mass is 9.77. The Hall–Kier alpha value is -2.38. The summed E-state index contributed by atoms with van der Waals surface area (Å²) >= 11 is 0. The van der Waals surface area contributed by atoms with Crippen LogP contribution in [0.1, 0.15) is 89.5 Å². The molecule has 1 aliphatic carbocycles. The summed E-state index contributed by atoms with van der Waals surface area (Å²) < 4.78 is 6.18. The molecule has 0 aromatic heterocycles. The molecule has 1 aromatic rings. The summed E-state index contributed by atoms with van der Waals surface area (Å²) in [6.07, 6.45) is 9.98. The molecule has 7 nitrogen and oxygen atoms in total. The van der Waals surface area contributed by atoms with Crippen LogP contribution >= 0.6 is 0 Å². The SMILES string of the molecule is CCCCCCCC(=O)N(CCCCCC)[C@@H]1C=C(C(=O)NCCO)[C@@H]2c3ccccc3O[C@@H]2[C@H]1O. The number of carbonyl (C=O) groups excluding carboxylic acids is 2. The fraction of sp³-hybridized carbons (Fsp3) is 0.655. The zero-order valence-electron chi connectivity index (χ0n) is 22.0. The second-order valence-electron chi connectivity index (χ2n) is 9.99. The fourth-order valence-electron chi connectivity index (χ4n) is 5.36.